The number of hydrogen-bond acceptors (Lipinski definition) is 1. The average Bonchev–Trinajstić information content (AvgIpc) is 2.30. The Balaban J connectivity index is 1.84. The number of benzene rings is 1. The maximum atomic E-state index is 3.93. The highest BCUT2D eigenvalue weighted by Gasteiger charge is 2.38. The summed E-state index contributed by atoms with van der Waals surface area (Å²) in [6.07, 6.45) is 5.25. The van der Waals surface area contributed by atoms with Gasteiger partial charge in [0.2, 0.25) is 0 Å². The summed E-state index contributed by atoms with van der Waals surface area (Å²) in [4.78, 5) is 0. The Morgan fingerprint density at radius 3 is 2.61 bits per heavy atom. The van der Waals surface area contributed by atoms with Gasteiger partial charge in [-0.25, -0.2) is 0 Å². The van der Waals surface area contributed by atoms with Crippen LogP contribution in [0.2, 0.25) is 0 Å². The molecular weight excluding hydrogens is 218 g/mol. The first-order valence-corrected chi connectivity index (χ1v) is 7.40. The molecule has 0 radical (unpaired) electrons. The topological polar surface area (TPSA) is 12.0 Å². The van der Waals surface area contributed by atoms with Gasteiger partial charge in [0.1, 0.15) is 0 Å². The summed E-state index contributed by atoms with van der Waals surface area (Å²) in [5.74, 6) is 0.921. The maximum Gasteiger partial charge on any atom is 0.0376 e. The summed E-state index contributed by atoms with van der Waals surface area (Å²) in [6.45, 7) is 7.20. The highest BCUT2D eigenvalue weighted by Crippen LogP contribution is 2.44. The quantitative estimate of drug-likeness (QED) is 0.825. The van der Waals surface area contributed by atoms with E-state index in [9.17, 15) is 0 Å². The number of nitrogens with one attached hydrogen (secondary N) is 1. The minimum absolute atomic E-state index is 0.382. The van der Waals surface area contributed by atoms with Crippen molar-refractivity contribution in [3.05, 3.63) is 35.4 Å². The van der Waals surface area contributed by atoms with E-state index in [4.69, 9.17) is 0 Å². The minimum atomic E-state index is 0.382. The normalized spacial score (nSPS) is 33.6. The third-order valence-electron chi connectivity index (χ3n) is 4.96. The molecular formula is C17H25N. The Morgan fingerprint density at radius 1 is 1.17 bits per heavy atom. The van der Waals surface area contributed by atoms with Gasteiger partial charge >= 0.3 is 0 Å². The van der Waals surface area contributed by atoms with Crippen LogP contribution in [0.4, 0.5) is 0 Å². The molecule has 2 aliphatic carbocycles. The molecule has 98 valence electrons. The molecule has 3 rings (SSSR count). The van der Waals surface area contributed by atoms with Crippen molar-refractivity contribution in [2.75, 3.05) is 0 Å². The fraction of sp³-hybridized carbons (Fsp3) is 0.647. The lowest BCUT2D eigenvalue weighted by Gasteiger charge is -2.45. The average molecular weight is 243 g/mol. The Labute approximate surface area is 111 Å². The van der Waals surface area contributed by atoms with E-state index in [1.807, 2.05) is 0 Å². The molecule has 2 aliphatic rings. The van der Waals surface area contributed by atoms with E-state index in [0.717, 1.165) is 12.0 Å². The van der Waals surface area contributed by atoms with Crippen LogP contribution in [-0.4, -0.2) is 6.04 Å². The Hall–Kier alpha value is -0.820. The minimum Gasteiger partial charge on any atom is -0.307 e. The molecule has 0 heterocycles. The molecule has 1 heteroatoms. The van der Waals surface area contributed by atoms with Gasteiger partial charge < -0.3 is 5.32 Å². The predicted molar refractivity (Wildman–Crippen MR) is 76.6 cm³/mol. The Kier molecular flexibility index (Phi) is 2.97. The standard InChI is InChI=1S/C17H25N/c1-12-10-14(11-12)18-16-15-7-5-4-6-13(15)8-9-17(16,2)3/h4-7,12,14,16,18H,8-11H2,1-3H3. The summed E-state index contributed by atoms with van der Waals surface area (Å²) >= 11 is 0. The van der Waals surface area contributed by atoms with E-state index in [1.54, 1.807) is 11.1 Å². The molecule has 0 amide bonds. The number of rotatable bonds is 2. The lowest BCUT2D eigenvalue weighted by Crippen LogP contribution is -2.47. The van der Waals surface area contributed by atoms with Crippen LogP contribution in [0.15, 0.2) is 24.3 Å². The Bertz CT molecular complexity index is 429. The van der Waals surface area contributed by atoms with Crippen molar-refractivity contribution in [1.29, 1.82) is 0 Å². The van der Waals surface area contributed by atoms with Gasteiger partial charge in [0.25, 0.3) is 0 Å². The number of hydrogen-bond donors (Lipinski definition) is 1. The predicted octanol–water partition coefficient (Wildman–Crippen LogP) is 4.09. The molecule has 0 spiro atoms. The fourth-order valence-corrected chi connectivity index (χ4v) is 3.66. The number of fused-ring (bicyclic) bond motifs is 1. The fourth-order valence-electron chi connectivity index (χ4n) is 3.66. The molecule has 1 nitrogen and oxygen atoms in total. The lowest BCUT2D eigenvalue weighted by atomic mass is 9.69. The van der Waals surface area contributed by atoms with Crippen LogP contribution >= 0.6 is 0 Å². The van der Waals surface area contributed by atoms with Crippen molar-refractivity contribution in [2.45, 2.75) is 58.5 Å². The van der Waals surface area contributed by atoms with Crippen LogP contribution in [0, 0.1) is 11.3 Å². The van der Waals surface area contributed by atoms with E-state index in [-0.39, 0.29) is 0 Å². The number of aryl methyl sites for hydroxylation is 1. The van der Waals surface area contributed by atoms with E-state index < -0.39 is 0 Å². The molecule has 0 aliphatic heterocycles. The summed E-state index contributed by atoms with van der Waals surface area (Å²) in [6, 6.07) is 10.3. The summed E-state index contributed by atoms with van der Waals surface area (Å²) in [5.41, 5.74) is 3.49. The first kappa shape index (κ1) is 12.2. The first-order valence-electron chi connectivity index (χ1n) is 7.40. The maximum absolute atomic E-state index is 3.93. The lowest BCUT2D eigenvalue weighted by molar-refractivity contribution is 0.144. The van der Waals surface area contributed by atoms with E-state index in [1.165, 1.54) is 25.7 Å². The van der Waals surface area contributed by atoms with Crippen molar-refractivity contribution in [1.82, 2.24) is 5.32 Å². The van der Waals surface area contributed by atoms with Crippen LogP contribution in [0.3, 0.4) is 0 Å². The van der Waals surface area contributed by atoms with E-state index in [2.05, 4.69) is 50.4 Å². The van der Waals surface area contributed by atoms with Gasteiger partial charge in [-0.15, -0.1) is 0 Å². The van der Waals surface area contributed by atoms with Crippen LogP contribution in [0.5, 0.6) is 0 Å². The van der Waals surface area contributed by atoms with Gasteiger partial charge in [0, 0.05) is 12.1 Å². The molecule has 18 heavy (non-hydrogen) atoms. The smallest absolute Gasteiger partial charge is 0.0376 e. The van der Waals surface area contributed by atoms with Crippen molar-refractivity contribution < 1.29 is 0 Å². The van der Waals surface area contributed by atoms with Crippen LogP contribution in [0.1, 0.15) is 57.2 Å². The highest BCUT2D eigenvalue weighted by atomic mass is 15.0. The molecule has 1 atom stereocenters. The molecule has 1 saturated carbocycles. The van der Waals surface area contributed by atoms with Gasteiger partial charge in [-0.3, -0.25) is 0 Å². The third-order valence-corrected chi connectivity index (χ3v) is 4.96. The van der Waals surface area contributed by atoms with E-state index >= 15 is 0 Å². The first-order chi connectivity index (χ1) is 8.56. The van der Waals surface area contributed by atoms with Crippen LogP contribution < -0.4 is 5.32 Å². The third kappa shape index (κ3) is 2.09. The molecule has 1 aromatic rings. The van der Waals surface area contributed by atoms with Gasteiger partial charge in [-0.2, -0.15) is 0 Å². The molecule has 0 bridgehead atoms. The van der Waals surface area contributed by atoms with Crippen molar-refractivity contribution in [3.63, 3.8) is 0 Å². The zero-order valence-corrected chi connectivity index (χ0v) is 11.9. The van der Waals surface area contributed by atoms with Gasteiger partial charge in [-0.1, -0.05) is 45.0 Å². The molecule has 1 fully saturated rings. The summed E-state index contributed by atoms with van der Waals surface area (Å²) < 4.78 is 0. The van der Waals surface area contributed by atoms with Gasteiger partial charge in [0.15, 0.2) is 0 Å². The van der Waals surface area contributed by atoms with E-state index in [0.29, 0.717) is 11.5 Å². The summed E-state index contributed by atoms with van der Waals surface area (Å²) in [7, 11) is 0. The zero-order chi connectivity index (χ0) is 12.8. The molecule has 1 N–H and O–H groups in total. The molecule has 0 aromatic heterocycles. The molecule has 1 aromatic carbocycles. The molecule has 0 saturated heterocycles. The molecule has 1 unspecified atom stereocenters. The highest BCUT2D eigenvalue weighted by molar-refractivity contribution is 5.34. The zero-order valence-electron chi connectivity index (χ0n) is 11.9. The van der Waals surface area contributed by atoms with Crippen LogP contribution in [0.25, 0.3) is 0 Å². The van der Waals surface area contributed by atoms with Gasteiger partial charge in [-0.05, 0) is 48.1 Å². The van der Waals surface area contributed by atoms with Crippen molar-refractivity contribution in [3.8, 4) is 0 Å². The van der Waals surface area contributed by atoms with Crippen LogP contribution in [-0.2, 0) is 6.42 Å². The largest absolute Gasteiger partial charge is 0.307 e. The van der Waals surface area contributed by atoms with Crippen molar-refractivity contribution in [2.24, 2.45) is 11.3 Å². The SMILES string of the molecule is CC1CC(NC2c3ccccc3CCC2(C)C)C1. The van der Waals surface area contributed by atoms with Gasteiger partial charge in [0.05, 0.1) is 0 Å². The second kappa shape index (κ2) is 4.38. The summed E-state index contributed by atoms with van der Waals surface area (Å²) in [5, 5.41) is 3.93. The second-order valence-electron chi connectivity index (χ2n) is 7.06. The second-order valence-corrected chi connectivity index (χ2v) is 7.06. The monoisotopic (exact) mass is 243 g/mol. The Morgan fingerprint density at radius 2 is 1.89 bits per heavy atom. The van der Waals surface area contributed by atoms with Crippen molar-refractivity contribution >= 4 is 0 Å².